The van der Waals surface area contributed by atoms with Crippen molar-refractivity contribution in [3.63, 3.8) is 0 Å². The molecule has 9 nitrogen and oxygen atoms in total. The zero-order chi connectivity index (χ0) is 22.6. The van der Waals surface area contributed by atoms with Gasteiger partial charge in [-0.15, -0.1) is 0 Å². The minimum Gasteiger partial charge on any atom is -0.401 e. The normalized spacial score (nSPS) is 15.7. The van der Waals surface area contributed by atoms with Gasteiger partial charge in [-0.25, -0.2) is 9.13 Å². The third-order valence-corrected chi connectivity index (χ3v) is 9.10. The number of hydrogen-bond acceptors (Lipinski definition) is 5. The molecule has 4 aromatic rings. The second-order valence-corrected chi connectivity index (χ2v) is 11.4. The van der Waals surface area contributed by atoms with Gasteiger partial charge in [0.2, 0.25) is 0 Å². The molecule has 2 heterocycles. The standard InChI is InChI=1S/C16H10Br2Cl2N2O7P2/c17-7-1-3-9-13(15(7)19)11(5-21-9)27-30(23,24)29-31(25,26)28-12-6-22-10-4-2-8(18)16(20)14(10)12/h1-6,21-22H,(H,23,24)(H,25,26). The van der Waals surface area contributed by atoms with E-state index >= 15 is 0 Å². The fourth-order valence-electron chi connectivity index (χ4n) is 2.81. The number of nitrogens with one attached hydrogen (secondary N) is 2. The topological polar surface area (TPSA) is 134 Å². The molecule has 0 aliphatic heterocycles. The van der Waals surface area contributed by atoms with Crippen molar-refractivity contribution in [2.45, 2.75) is 0 Å². The monoisotopic (exact) mass is 632 g/mol. The van der Waals surface area contributed by atoms with Crippen LogP contribution in [0.5, 0.6) is 11.5 Å². The van der Waals surface area contributed by atoms with Gasteiger partial charge < -0.3 is 19.0 Å². The molecule has 15 heteroatoms. The van der Waals surface area contributed by atoms with Gasteiger partial charge in [-0.2, -0.15) is 4.31 Å². The number of phosphoric ester groups is 2. The van der Waals surface area contributed by atoms with Crippen LogP contribution in [0, 0.1) is 0 Å². The molecule has 0 radical (unpaired) electrons. The Bertz CT molecular complexity index is 1320. The predicted octanol–water partition coefficient (Wildman–Crippen LogP) is 7.16. The van der Waals surface area contributed by atoms with Crippen LogP contribution in [0.3, 0.4) is 0 Å². The Hall–Kier alpha value is -1.000. The van der Waals surface area contributed by atoms with Gasteiger partial charge in [0.05, 0.1) is 31.9 Å². The molecule has 0 spiro atoms. The van der Waals surface area contributed by atoms with Gasteiger partial charge in [0, 0.05) is 21.3 Å². The van der Waals surface area contributed by atoms with E-state index in [0.717, 1.165) is 0 Å². The van der Waals surface area contributed by atoms with E-state index < -0.39 is 15.6 Å². The van der Waals surface area contributed by atoms with Crippen LogP contribution in [-0.2, 0) is 13.4 Å². The smallest absolute Gasteiger partial charge is 0.401 e. The lowest BCUT2D eigenvalue weighted by atomic mass is 10.2. The van der Waals surface area contributed by atoms with Gasteiger partial charge in [0.1, 0.15) is 0 Å². The van der Waals surface area contributed by atoms with E-state index in [9.17, 15) is 18.9 Å². The maximum absolute atomic E-state index is 12.4. The largest absolute Gasteiger partial charge is 0.537 e. The molecule has 0 bridgehead atoms. The number of benzene rings is 2. The highest BCUT2D eigenvalue weighted by Gasteiger charge is 2.39. The maximum Gasteiger partial charge on any atom is 0.537 e. The van der Waals surface area contributed by atoms with Gasteiger partial charge in [0.15, 0.2) is 11.5 Å². The van der Waals surface area contributed by atoms with Crippen LogP contribution in [0.4, 0.5) is 0 Å². The summed E-state index contributed by atoms with van der Waals surface area (Å²) < 4.78 is 40.3. The molecular weight excluding hydrogens is 625 g/mol. The summed E-state index contributed by atoms with van der Waals surface area (Å²) in [5.41, 5.74) is 1.01. The molecule has 0 saturated heterocycles. The lowest BCUT2D eigenvalue weighted by Crippen LogP contribution is -2.00. The number of fused-ring (bicyclic) bond motifs is 2. The van der Waals surface area contributed by atoms with E-state index in [2.05, 4.69) is 46.1 Å². The van der Waals surface area contributed by atoms with Gasteiger partial charge in [-0.05, 0) is 56.1 Å². The predicted molar refractivity (Wildman–Crippen MR) is 124 cm³/mol. The Balaban J connectivity index is 1.60. The summed E-state index contributed by atoms with van der Waals surface area (Å²) in [5.74, 6) is -0.322. The van der Waals surface area contributed by atoms with Crippen molar-refractivity contribution in [1.29, 1.82) is 0 Å². The first-order valence-corrected chi connectivity index (χ1v) is 13.5. The summed E-state index contributed by atoms with van der Waals surface area (Å²) >= 11 is 18.9. The maximum atomic E-state index is 12.4. The molecule has 2 unspecified atom stereocenters. The van der Waals surface area contributed by atoms with Gasteiger partial charge >= 0.3 is 15.6 Å². The summed E-state index contributed by atoms with van der Waals surface area (Å²) in [6, 6.07) is 6.64. The Morgan fingerprint density at radius 1 is 0.774 bits per heavy atom. The van der Waals surface area contributed by atoms with Crippen LogP contribution in [0.25, 0.3) is 21.8 Å². The lowest BCUT2D eigenvalue weighted by Gasteiger charge is -2.16. The van der Waals surface area contributed by atoms with Crippen LogP contribution in [0.1, 0.15) is 0 Å². The third-order valence-electron chi connectivity index (χ3n) is 4.03. The molecule has 4 N–H and O–H groups in total. The number of halogens is 4. The van der Waals surface area contributed by atoms with Crippen LogP contribution >= 0.6 is 70.7 Å². The molecule has 0 amide bonds. The van der Waals surface area contributed by atoms with Crippen molar-refractivity contribution in [3.05, 3.63) is 55.6 Å². The number of aromatic nitrogens is 2. The number of phosphoric acid groups is 2. The molecule has 2 aromatic heterocycles. The molecule has 2 atom stereocenters. The average Bonchev–Trinajstić information content (AvgIpc) is 3.24. The highest BCUT2D eigenvalue weighted by atomic mass is 79.9. The summed E-state index contributed by atoms with van der Waals surface area (Å²) in [6.45, 7) is 0. The second kappa shape index (κ2) is 8.41. The van der Waals surface area contributed by atoms with Gasteiger partial charge in [0.25, 0.3) is 0 Å². The quantitative estimate of drug-likeness (QED) is 0.165. The Labute approximate surface area is 201 Å². The van der Waals surface area contributed by atoms with E-state index in [4.69, 9.17) is 32.2 Å². The highest BCUT2D eigenvalue weighted by molar-refractivity contribution is 9.10. The molecule has 2 aromatic carbocycles. The average molecular weight is 635 g/mol. The lowest BCUT2D eigenvalue weighted by molar-refractivity contribution is 0.235. The van der Waals surface area contributed by atoms with Crippen LogP contribution in [0.15, 0.2) is 45.6 Å². The zero-order valence-corrected chi connectivity index (χ0v) is 21.3. The van der Waals surface area contributed by atoms with Crippen molar-refractivity contribution in [2.75, 3.05) is 0 Å². The van der Waals surface area contributed by atoms with Crippen molar-refractivity contribution in [2.24, 2.45) is 0 Å². The first kappa shape index (κ1) is 23.2. The van der Waals surface area contributed by atoms with E-state index in [1.807, 2.05) is 0 Å². The number of rotatable bonds is 6. The Morgan fingerprint density at radius 2 is 1.16 bits per heavy atom. The molecular formula is C16H10Br2Cl2N2O7P2. The minimum atomic E-state index is -5.13. The Morgan fingerprint density at radius 3 is 1.55 bits per heavy atom. The summed E-state index contributed by atoms with van der Waals surface area (Å²) in [6.07, 6.45) is 2.52. The van der Waals surface area contributed by atoms with Crippen molar-refractivity contribution in [3.8, 4) is 11.5 Å². The second-order valence-electron chi connectivity index (χ2n) is 6.08. The summed E-state index contributed by atoms with van der Waals surface area (Å²) in [7, 11) is -10.3. The van der Waals surface area contributed by atoms with E-state index in [1.165, 1.54) is 12.4 Å². The molecule has 0 fully saturated rings. The van der Waals surface area contributed by atoms with Crippen LogP contribution < -0.4 is 9.05 Å². The van der Waals surface area contributed by atoms with Gasteiger partial charge in [-0.3, -0.25) is 9.79 Å². The molecule has 0 aliphatic carbocycles. The molecule has 0 saturated carbocycles. The fraction of sp³-hybridized carbons (Fsp3) is 0. The molecule has 164 valence electrons. The number of hydrogen-bond donors (Lipinski definition) is 4. The third kappa shape index (κ3) is 4.71. The Kier molecular flexibility index (Phi) is 6.28. The van der Waals surface area contributed by atoms with E-state index in [-0.39, 0.29) is 32.3 Å². The van der Waals surface area contributed by atoms with E-state index in [0.29, 0.717) is 20.0 Å². The summed E-state index contributed by atoms with van der Waals surface area (Å²) in [5, 5.41) is 0.958. The van der Waals surface area contributed by atoms with Crippen LogP contribution in [-0.4, -0.2) is 19.8 Å². The molecule has 4 rings (SSSR count). The SMILES string of the molecule is O=P(O)(Oc1c[nH]c2ccc(Br)c(Cl)c12)OP(=O)(O)Oc1c[nH]c2ccc(Br)c(Cl)c12. The van der Waals surface area contributed by atoms with Crippen molar-refractivity contribution in [1.82, 2.24) is 9.97 Å². The number of aromatic amines is 2. The molecule has 0 aliphatic rings. The van der Waals surface area contributed by atoms with Crippen molar-refractivity contribution < 1.29 is 32.3 Å². The highest BCUT2D eigenvalue weighted by Crippen LogP contribution is 2.61. The van der Waals surface area contributed by atoms with Crippen LogP contribution in [0.2, 0.25) is 10.0 Å². The zero-order valence-electron chi connectivity index (χ0n) is 14.8. The van der Waals surface area contributed by atoms with Gasteiger partial charge in [-0.1, -0.05) is 23.2 Å². The minimum absolute atomic E-state index is 0.161. The fourth-order valence-corrected chi connectivity index (χ4v) is 6.08. The van der Waals surface area contributed by atoms with Crippen molar-refractivity contribution >= 4 is 92.5 Å². The first-order chi connectivity index (χ1) is 14.5. The van der Waals surface area contributed by atoms with E-state index in [1.54, 1.807) is 24.3 Å². The number of H-pyrrole nitrogens is 2. The summed E-state index contributed by atoms with van der Waals surface area (Å²) in [4.78, 5) is 25.8. The molecule has 31 heavy (non-hydrogen) atoms. The first-order valence-electron chi connectivity index (χ1n) is 8.14.